The lowest BCUT2D eigenvalue weighted by Crippen LogP contribution is -2.10. The highest BCUT2D eigenvalue weighted by molar-refractivity contribution is 5.89. The van der Waals surface area contributed by atoms with Gasteiger partial charge in [0.05, 0.1) is 0 Å². The second-order valence-electron chi connectivity index (χ2n) is 8.36. The molecule has 0 aromatic heterocycles. The van der Waals surface area contributed by atoms with E-state index in [4.69, 9.17) is 0 Å². The molecule has 228 valence electrons. The number of rotatable bonds is 6. The molecule has 0 atom stereocenters. The highest BCUT2D eigenvalue weighted by Crippen LogP contribution is 2.22. The summed E-state index contributed by atoms with van der Waals surface area (Å²) < 4.78 is 102. The SMILES string of the molecule is C=C(C)C(=O)Oc1cc(F)cc(F)c1.C=C(C)C(=O)Oc1ccc(F)c(F)c1.C=C(C)C(=O)Oc1ccc(F)c(F)c1F. The van der Waals surface area contributed by atoms with Crippen LogP contribution in [-0.2, 0) is 14.4 Å². The smallest absolute Gasteiger partial charge is 0.338 e. The molecule has 3 rings (SSSR count). The molecule has 0 fully saturated rings. The van der Waals surface area contributed by atoms with Crippen LogP contribution in [0, 0.1) is 40.7 Å². The fraction of sp³-hybridized carbons (Fsp3) is 0.100. The van der Waals surface area contributed by atoms with E-state index in [1.807, 2.05) is 0 Å². The summed E-state index contributed by atoms with van der Waals surface area (Å²) in [6, 6.07) is 6.88. The van der Waals surface area contributed by atoms with Gasteiger partial charge in [-0.3, -0.25) is 0 Å². The molecule has 13 heteroatoms. The zero-order chi connectivity index (χ0) is 33.0. The molecular weight excluding hydrogens is 589 g/mol. The molecule has 0 aliphatic carbocycles. The number of ether oxygens (including phenoxy) is 3. The van der Waals surface area contributed by atoms with Crippen LogP contribution < -0.4 is 14.2 Å². The van der Waals surface area contributed by atoms with E-state index in [2.05, 4.69) is 33.9 Å². The minimum atomic E-state index is -1.68. The van der Waals surface area contributed by atoms with Gasteiger partial charge in [-0.2, -0.15) is 4.39 Å². The molecule has 43 heavy (non-hydrogen) atoms. The average Bonchev–Trinajstić information content (AvgIpc) is 2.91. The summed E-state index contributed by atoms with van der Waals surface area (Å²) in [4.78, 5) is 32.9. The second kappa shape index (κ2) is 16.3. The molecule has 0 aliphatic heterocycles. The van der Waals surface area contributed by atoms with Crippen molar-refractivity contribution in [1.82, 2.24) is 0 Å². The Bertz CT molecular complexity index is 1550. The summed E-state index contributed by atoms with van der Waals surface area (Å²) in [5.41, 5.74) is 0.378. The number of carbonyl (C=O) groups is 3. The molecule has 0 aliphatic rings. The molecule has 3 aromatic carbocycles. The van der Waals surface area contributed by atoms with Crippen LogP contribution in [0.25, 0.3) is 0 Å². The fourth-order valence-electron chi connectivity index (χ4n) is 2.29. The van der Waals surface area contributed by atoms with Crippen molar-refractivity contribution < 1.29 is 59.3 Å². The lowest BCUT2D eigenvalue weighted by Gasteiger charge is -2.05. The van der Waals surface area contributed by atoms with E-state index in [1.54, 1.807) is 0 Å². The second-order valence-corrected chi connectivity index (χ2v) is 8.36. The number of benzene rings is 3. The molecule has 0 unspecified atom stereocenters. The molecular formula is C30H23F7O6. The van der Waals surface area contributed by atoms with Gasteiger partial charge in [-0.1, -0.05) is 19.7 Å². The van der Waals surface area contributed by atoms with Crippen LogP contribution in [0.3, 0.4) is 0 Å². The lowest BCUT2D eigenvalue weighted by atomic mass is 10.3. The van der Waals surface area contributed by atoms with Gasteiger partial charge in [-0.25, -0.2) is 40.7 Å². The van der Waals surface area contributed by atoms with E-state index < -0.39 is 64.4 Å². The van der Waals surface area contributed by atoms with Crippen molar-refractivity contribution in [2.45, 2.75) is 20.8 Å². The zero-order valence-electron chi connectivity index (χ0n) is 22.8. The molecule has 0 saturated heterocycles. The van der Waals surface area contributed by atoms with E-state index in [0.717, 1.165) is 30.3 Å². The van der Waals surface area contributed by atoms with Crippen LogP contribution in [0.5, 0.6) is 17.2 Å². The molecule has 3 aromatic rings. The predicted octanol–water partition coefficient (Wildman–Crippen LogP) is 7.48. The van der Waals surface area contributed by atoms with Crippen LogP contribution in [0.1, 0.15) is 20.8 Å². The summed E-state index contributed by atoms with van der Waals surface area (Å²) in [6.07, 6.45) is 0. The van der Waals surface area contributed by atoms with Gasteiger partial charge in [0.2, 0.25) is 5.82 Å². The Balaban J connectivity index is 0.000000323. The third kappa shape index (κ3) is 12.1. The Morgan fingerprint density at radius 1 is 0.512 bits per heavy atom. The number of esters is 3. The van der Waals surface area contributed by atoms with Crippen molar-refractivity contribution in [1.29, 1.82) is 0 Å². The number of hydrogen-bond donors (Lipinski definition) is 0. The first-order chi connectivity index (χ1) is 19.9. The maximum Gasteiger partial charge on any atom is 0.338 e. The minimum absolute atomic E-state index is 0.0270. The van der Waals surface area contributed by atoms with Crippen molar-refractivity contribution in [2.24, 2.45) is 0 Å². The summed E-state index contributed by atoms with van der Waals surface area (Å²) >= 11 is 0. The standard InChI is InChI=1S/C10H7F3O2.2C10H8F2O2/c1-5(2)10(14)15-7-4-3-6(11)8(12)9(7)13;1-6(2)10(13)14-9-4-7(11)3-8(12)5-9;1-6(2)10(13)14-7-3-4-8(11)9(12)5-7/h3-4H,1H2,2H3;2*3-5H,1H2,2H3. The van der Waals surface area contributed by atoms with Crippen molar-refractivity contribution in [3.63, 3.8) is 0 Å². The third-order valence-corrected chi connectivity index (χ3v) is 4.40. The highest BCUT2D eigenvalue weighted by Gasteiger charge is 2.17. The molecule has 0 spiro atoms. The van der Waals surface area contributed by atoms with Gasteiger partial charge in [0.15, 0.2) is 29.0 Å². The Kier molecular flexibility index (Phi) is 13.6. The zero-order valence-corrected chi connectivity index (χ0v) is 22.8. The average molecular weight is 612 g/mol. The van der Waals surface area contributed by atoms with Crippen molar-refractivity contribution >= 4 is 17.9 Å². The van der Waals surface area contributed by atoms with Crippen molar-refractivity contribution in [3.8, 4) is 17.2 Å². The summed E-state index contributed by atoms with van der Waals surface area (Å²) in [5, 5.41) is 0. The number of hydrogen-bond acceptors (Lipinski definition) is 6. The van der Waals surface area contributed by atoms with E-state index in [0.29, 0.717) is 12.1 Å². The summed E-state index contributed by atoms with van der Waals surface area (Å²) in [7, 11) is 0. The van der Waals surface area contributed by atoms with Crippen LogP contribution in [0.4, 0.5) is 30.7 Å². The van der Waals surface area contributed by atoms with Gasteiger partial charge < -0.3 is 14.2 Å². The van der Waals surface area contributed by atoms with Crippen LogP contribution >= 0.6 is 0 Å². The monoisotopic (exact) mass is 612 g/mol. The molecule has 6 nitrogen and oxygen atoms in total. The maximum absolute atomic E-state index is 13.0. The number of carbonyl (C=O) groups excluding carboxylic acids is 3. The largest absolute Gasteiger partial charge is 0.423 e. The first-order valence-electron chi connectivity index (χ1n) is 11.6. The lowest BCUT2D eigenvalue weighted by molar-refractivity contribution is -0.131. The van der Waals surface area contributed by atoms with Crippen LogP contribution in [0.2, 0.25) is 0 Å². The molecule has 0 bridgehead atoms. The van der Waals surface area contributed by atoms with Crippen LogP contribution in [0.15, 0.2) is 85.0 Å². The highest BCUT2D eigenvalue weighted by atomic mass is 19.2. The van der Waals surface area contributed by atoms with E-state index >= 15 is 0 Å². The van der Waals surface area contributed by atoms with E-state index in [-0.39, 0.29) is 28.2 Å². The first kappa shape index (κ1) is 35.8. The third-order valence-electron chi connectivity index (χ3n) is 4.40. The minimum Gasteiger partial charge on any atom is -0.423 e. The van der Waals surface area contributed by atoms with Gasteiger partial charge in [-0.15, -0.1) is 0 Å². The summed E-state index contributed by atoms with van der Waals surface area (Å²) in [5.74, 6) is -11.4. The molecule has 0 amide bonds. The normalized spacial score (nSPS) is 9.72. The Hall–Kier alpha value is -5.20. The van der Waals surface area contributed by atoms with Gasteiger partial charge in [0.1, 0.15) is 23.1 Å². The predicted molar refractivity (Wildman–Crippen MR) is 140 cm³/mol. The topological polar surface area (TPSA) is 78.9 Å². The van der Waals surface area contributed by atoms with Gasteiger partial charge >= 0.3 is 17.9 Å². The quantitative estimate of drug-likeness (QED) is 0.0945. The molecule has 0 heterocycles. The maximum atomic E-state index is 13.0. The van der Waals surface area contributed by atoms with Gasteiger partial charge in [0, 0.05) is 41.0 Å². The van der Waals surface area contributed by atoms with Crippen molar-refractivity contribution in [3.05, 3.63) is 126 Å². The van der Waals surface area contributed by atoms with Gasteiger partial charge in [-0.05, 0) is 45.0 Å². The van der Waals surface area contributed by atoms with Crippen LogP contribution in [-0.4, -0.2) is 17.9 Å². The van der Waals surface area contributed by atoms with E-state index in [1.165, 1.54) is 26.8 Å². The van der Waals surface area contributed by atoms with E-state index in [9.17, 15) is 45.1 Å². The number of halogens is 7. The molecule has 0 radical (unpaired) electrons. The Morgan fingerprint density at radius 2 is 0.953 bits per heavy atom. The summed E-state index contributed by atoms with van der Waals surface area (Å²) in [6.45, 7) is 14.2. The molecule has 0 saturated carbocycles. The Labute approximate surface area is 241 Å². The Morgan fingerprint density at radius 3 is 1.42 bits per heavy atom. The van der Waals surface area contributed by atoms with Crippen molar-refractivity contribution in [2.75, 3.05) is 0 Å². The fourth-order valence-corrected chi connectivity index (χ4v) is 2.29. The first-order valence-corrected chi connectivity index (χ1v) is 11.6. The van der Waals surface area contributed by atoms with Gasteiger partial charge in [0.25, 0.3) is 0 Å². The molecule has 0 N–H and O–H groups in total.